The molecule has 6 nitrogen and oxygen atoms in total. The highest BCUT2D eigenvalue weighted by atomic mass is 19.4. The van der Waals surface area contributed by atoms with Crippen LogP contribution >= 0.6 is 0 Å². The normalized spacial score (nSPS) is 11.2. The molecular formula is C31H33F3N2O4. The summed E-state index contributed by atoms with van der Waals surface area (Å²) in [6.45, 7) is 5.82. The summed E-state index contributed by atoms with van der Waals surface area (Å²) in [4.78, 5) is 40.8. The predicted molar refractivity (Wildman–Crippen MR) is 149 cm³/mol. The molecule has 0 heterocycles. The number of carboxylic acid groups (broad SMARTS) is 1. The van der Waals surface area contributed by atoms with E-state index in [1.165, 1.54) is 17.0 Å². The van der Waals surface area contributed by atoms with Gasteiger partial charge in [-0.25, -0.2) is 0 Å². The molecule has 2 amide bonds. The van der Waals surface area contributed by atoms with Crippen molar-refractivity contribution in [1.82, 2.24) is 0 Å². The van der Waals surface area contributed by atoms with Crippen LogP contribution in [0, 0.1) is 20.8 Å². The first-order valence-corrected chi connectivity index (χ1v) is 13.0. The van der Waals surface area contributed by atoms with Crippen LogP contribution in [0.25, 0.3) is 0 Å². The molecule has 212 valence electrons. The van der Waals surface area contributed by atoms with E-state index in [-0.39, 0.29) is 50.4 Å². The van der Waals surface area contributed by atoms with Gasteiger partial charge >= 0.3 is 12.1 Å². The maximum Gasteiger partial charge on any atom is 0.416 e. The Morgan fingerprint density at radius 1 is 0.775 bits per heavy atom. The van der Waals surface area contributed by atoms with Crippen molar-refractivity contribution in [2.75, 3.05) is 22.9 Å². The van der Waals surface area contributed by atoms with Crippen molar-refractivity contribution >= 4 is 29.2 Å². The number of nitrogens with zero attached hydrogens (tertiary/aromatic N) is 2. The molecule has 0 aliphatic heterocycles. The fraction of sp³-hybridized carbons (Fsp3) is 0.323. The lowest BCUT2D eigenvalue weighted by Gasteiger charge is -2.27. The summed E-state index contributed by atoms with van der Waals surface area (Å²) < 4.78 is 40.3. The highest BCUT2D eigenvalue weighted by Gasteiger charge is 2.31. The molecule has 1 N–H and O–H groups in total. The van der Waals surface area contributed by atoms with E-state index in [0.717, 1.165) is 28.8 Å². The van der Waals surface area contributed by atoms with Gasteiger partial charge in [0, 0.05) is 42.9 Å². The Kier molecular flexibility index (Phi) is 10.1. The molecule has 0 saturated heterocycles. The minimum absolute atomic E-state index is 0.00940. The van der Waals surface area contributed by atoms with Gasteiger partial charge in [0.25, 0.3) is 5.91 Å². The van der Waals surface area contributed by atoms with Crippen LogP contribution in [0.5, 0.6) is 0 Å². The number of aryl methyl sites for hydroxylation is 3. The van der Waals surface area contributed by atoms with Gasteiger partial charge in [0.15, 0.2) is 0 Å². The van der Waals surface area contributed by atoms with E-state index in [0.29, 0.717) is 11.3 Å². The first kappa shape index (κ1) is 30.4. The second-order valence-electron chi connectivity index (χ2n) is 9.76. The highest BCUT2D eigenvalue weighted by Crippen LogP contribution is 2.32. The van der Waals surface area contributed by atoms with Gasteiger partial charge in [0.05, 0.1) is 5.56 Å². The number of carbonyl (C=O) groups excluding carboxylic acids is 2. The van der Waals surface area contributed by atoms with Gasteiger partial charge in [-0.05, 0) is 75.1 Å². The van der Waals surface area contributed by atoms with E-state index in [9.17, 15) is 27.6 Å². The topological polar surface area (TPSA) is 77.9 Å². The van der Waals surface area contributed by atoms with Crippen molar-refractivity contribution in [3.63, 3.8) is 0 Å². The van der Waals surface area contributed by atoms with Crippen molar-refractivity contribution in [3.8, 4) is 0 Å². The highest BCUT2D eigenvalue weighted by molar-refractivity contribution is 6.06. The zero-order valence-corrected chi connectivity index (χ0v) is 22.8. The molecule has 0 bridgehead atoms. The Bertz CT molecular complexity index is 1330. The second kappa shape index (κ2) is 13.3. The third-order valence-electron chi connectivity index (χ3n) is 6.58. The summed E-state index contributed by atoms with van der Waals surface area (Å²) in [5.41, 5.74) is 2.90. The number of para-hydroxylation sites is 1. The third-order valence-corrected chi connectivity index (χ3v) is 6.58. The number of amides is 2. The fourth-order valence-corrected chi connectivity index (χ4v) is 4.55. The molecule has 3 rings (SSSR count). The van der Waals surface area contributed by atoms with Crippen LogP contribution in [0.4, 0.5) is 24.5 Å². The third kappa shape index (κ3) is 7.94. The maximum atomic E-state index is 13.4. The molecule has 0 aromatic heterocycles. The summed E-state index contributed by atoms with van der Waals surface area (Å²) in [6, 6.07) is 16.9. The van der Waals surface area contributed by atoms with Gasteiger partial charge in [-0.3, -0.25) is 14.4 Å². The molecule has 40 heavy (non-hydrogen) atoms. The lowest BCUT2D eigenvalue weighted by atomic mass is 10.1. The molecule has 0 spiro atoms. The number of hydrogen-bond acceptors (Lipinski definition) is 3. The van der Waals surface area contributed by atoms with E-state index >= 15 is 0 Å². The number of aliphatic carboxylic acids is 1. The number of carboxylic acids is 1. The molecule has 9 heteroatoms. The van der Waals surface area contributed by atoms with Crippen molar-refractivity contribution in [2.45, 2.75) is 52.6 Å². The Balaban J connectivity index is 1.85. The largest absolute Gasteiger partial charge is 0.481 e. The molecule has 3 aromatic carbocycles. The number of alkyl halides is 3. The van der Waals surface area contributed by atoms with Crippen LogP contribution < -0.4 is 9.80 Å². The first-order chi connectivity index (χ1) is 18.9. The van der Waals surface area contributed by atoms with E-state index in [2.05, 4.69) is 0 Å². The quantitative estimate of drug-likeness (QED) is 0.278. The number of carbonyl (C=O) groups is 3. The maximum absolute atomic E-state index is 13.4. The number of rotatable bonds is 11. The smallest absolute Gasteiger partial charge is 0.416 e. The first-order valence-electron chi connectivity index (χ1n) is 13.0. The summed E-state index contributed by atoms with van der Waals surface area (Å²) >= 11 is 0. The van der Waals surface area contributed by atoms with Crippen LogP contribution in [0.2, 0.25) is 0 Å². The van der Waals surface area contributed by atoms with Crippen LogP contribution in [0.1, 0.15) is 58.3 Å². The molecule has 0 fully saturated rings. The Hall–Kier alpha value is -4.14. The van der Waals surface area contributed by atoms with Crippen LogP contribution in [0.3, 0.4) is 0 Å². The van der Waals surface area contributed by atoms with Crippen LogP contribution in [0.15, 0.2) is 66.7 Å². The number of hydrogen-bond donors (Lipinski definition) is 1. The molecule has 0 saturated carbocycles. The lowest BCUT2D eigenvalue weighted by Crippen LogP contribution is -2.35. The average molecular weight is 555 g/mol. The summed E-state index contributed by atoms with van der Waals surface area (Å²) in [5, 5.41) is 9.08. The molecule has 0 unspecified atom stereocenters. The van der Waals surface area contributed by atoms with Crippen molar-refractivity contribution < 1.29 is 32.7 Å². The van der Waals surface area contributed by atoms with Crippen LogP contribution in [-0.4, -0.2) is 36.0 Å². The molecule has 3 aromatic rings. The minimum atomic E-state index is -4.58. The number of anilines is 2. The van der Waals surface area contributed by atoms with Crippen molar-refractivity contribution in [2.24, 2.45) is 0 Å². The fourth-order valence-electron chi connectivity index (χ4n) is 4.55. The molecule has 0 radical (unpaired) electrons. The number of halogens is 3. The predicted octanol–water partition coefficient (Wildman–Crippen LogP) is 6.96. The van der Waals surface area contributed by atoms with Gasteiger partial charge in [-0.15, -0.1) is 0 Å². The number of benzene rings is 3. The van der Waals surface area contributed by atoms with E-state index in [1.54, 1.807) is 29.2 Å². The van der Waals surface area contributed by atoms with E-state index in [4.69, 9.17) is 5.11 Å². The second-order valence-corrected chi connectivity index (χ2v) is 9.76. The minimum Gasteiger partial charge on any atom is -0.481 e. The SMILES string of the molecule is Cc1ccc(C(=O)N(CCCC(=O)N(CCCC(=O)O)c2c(C)cccc2C)c2cccc(C(F)(F)F)c2)cc1. The summed E-state index contributed by atoms with van der Waals surface area (Å²) in [7, 11) is 0. The molecule has 0 atom stereocenters. The summed E-state index contributed by atoms with van der Waals surface area (Å²) in [5.74, 6) is -1.69. The Morgan fingerprint density at radius 3 is 1.95 bits per heavy atom. The Labute approximate surface area is 232 Å². The molecular weight excluding hydrogens is 521 g/mol. The van der Waals surface area contributed by atoms with E-state index in [1.807, 2.05) is 39.0 Å². The van der Waals surface area contributed by atoms with Gasteiger partial charge in [0.1, 0.15) is 0 Å². The van der Waals surface area contributed by atoms with Gasteiger partial charge < -0.3 is 14.9 Å². The monoisotopic (exact) mass is 554 g/mol. The molecule has 0 aliphatic rings. The van der Waals surface area contributed by atoms with Gasteiger partial charge in [-0.1, -0.05) is 42.0 Å². The standard InChI is InChI=1S/C31H33F3N2O4/c1-21-14-16-24(17-15-21)30(40)35(26-11-5-10-25(20-26)31(32,33)34)18-6-12-27(37)36(19-7-13-28(38)39)29-22(2)8-4-9-23(29)3/h4-5,8-11,14-17,20H,6-7,12-13,18-19H2,1-3H3,(H,38,39). The van der Waals surface area contributed by atoms with Crippen LogP contribution in [-0.2, 0) is 15.8 Å². The Morgan fingerprint density at radius 2 is 1.35 bits per heavy atom. The lowest BCUT2D eigenvalue weighted by molar-refractivity contribution is -0.138. The summed E-state index contributed by atoms with van der Waals surface area (Å²) in [6.07, 6.45) is -4.21. The van der Waals surface area contributed by atoms with Crippen molar-refractivity contribution in [1.29, 1.82) is 0 Å². The van der Waals surface area contributed by atoms with Crippen molar-refractivity contribution in [3.05, 3.63) is 94.5 Å². The van der Waals surface area contributed by atoms with Gasteiger partial charge in [-0.2, -0.15) is 13.2 Å². The molecule has 0 aliphatic carbocycles. The van der Waals surface area contributed by atoms with E-state index < -0.39 is 23.6 Å². The zero-order valence-electron chi connectivity index (χ0n) is 22.8. The average Bonchev–Trinajstić information content (AvgIpc) is 2.89. The zero-order chi connectivity index (χ0) is 29.4. The van der Waals surface area contributed by atoms with Gasteiger partial charge in [0.2, 0.25) is 5.91 Å².